The van der Waals surface area contributed by atoms with Crippen LogP contribution in [0.1, 0.15) is 22.8 Å². The van der Waals surface area contributed by atoms with Crippen LogP contribution in [-0.4, -0.2) is 38.9 Å². The number of aromatic nitrogens is 1. The third-order valence-corrected chi connectivity index (χ3v) is 5.09. The van der Waals surface area contributed by atoms with E-state index >= 15 is 0 Å². The molecule has 0 aliphatic carbocycles. The zero-order chi connectivity index (χ0) is 20.8. The molecule has 0 aliphatic rings. The predicted octanol–water partition coefficient (Wildman–Crippen LogP) is 2.24. The van der Waals surface area contributed by atoms with Crippen molar-refractivity contribution < 1.29 is 26.4 Å². The smallest absolute Gasteiger partial charge is 0.368 e. The van der Waals surface area contributed by atoms with Gasteiger partial charge in [0.05, 0.1) is 10.5 Å². The van der Waals surface area contributed by atoms with Gasteiger partial charge in [0.15, 0.2) is 0 Å². The molecule has 0 unspecified atom stereocenters. The molecule has 11 heteroatoms. The van der Waals surface area contributed by atoms with Crippen molar-refractivity contribution in [2.45, 2.75) is 18.0 Å². The molecular weight excluding hydrogens is 397 g/mol. The van der Waals surface area contributed by atoms with Gasteiger partial charge in [0.1, 0.15) is 5.82 Å². The zero-order valence-corrected chi connectivity index (χ0v) is 15.7. The van der Waals surface area contributed by atoms with Crippen LogP contribution in [0, 0.1) is 0 Å². The fraction of sp³-hybridized carbons (Fsp3) is 0.294. The Morgan fingerprint density at radius 2 is 1.89 bits per heavy atom. The molecule has 1 aromatic carbocycles. The van der Waals surface area contributed by atoms with E-state index in [1.54, 1.807) is 6.92 Å². The molecule has 0 bridgehead atoms. The Balaban J connectivity index is 1.88. The third-order valence-electron chi connectivity index (χ3n) is 3.55. The van der Waals surface area contributed by atoms with Gasteiger partial charge in [-0.3, -0.25) is 4.79 Å². The van der Waals surface area contributed by atoms with Crippen LogP contribution in [0.25, 0.3) is 0 Å². The normalized spacial score (nSPS) is 11.9. The number of nitrogens with zero attached hydrogens (tertiary/aromatic N) is 1. The minimum atomic E-state index is -4.45. The lowest BCUT2D eigenvalue weighted by Crippen LogP contribution is -2.29. The van der Waals surface area contributed by atoms with Crippen molar-refractivity contribution in [1.82, 2.24) is 15.0 Å². The topological polar surface area (TPSA) is 100 Å². The summed E-state index contributed by atoms with van der Waals surface area (Å²) in [7, 11) is -3.67. The Morgan fingerprint density at radius 3 is 2.50 bits per heavy atom. The Morgan fingerprint density at radius 1 is 1.14 bits per heavy atom. The average molecular weight is 416 g/mol. The van der Waals surface area contributed by atoms with Gasteiger partial charge in [0.2, 0.25) is 10.0 Å². The second-order valence-electron chi connectivity index (χ2n) is 5.64. The van der Waals surface area contributed by atoms with Crippen molar-refractivity contribution in [2.75, 3.05) is 25.0 Å². The number of sulfonamides is 1. The average Bonchev–Trinajstić information content (AvgIpc) is 2.65. The van der Waals surface area contributed by atoms with E-state index in [9.17, 15) is 26.4 Å². The van der Waals surface area contributed by atoms with Crippen LogP contribution < -0.4 is 15.4 Å². The van der Waals surface area contributed by atoms with Gasteiger partial charge in [-0.15, -0.1) is 0 Å². The number of halogens is 3. The first-order valence-electron chi connectivity index (χ1n) is 8.28. The van der Waals surface area contributed by atoms with Gasteiger partial charge in [0.25, 0.3) is 5.91 Å². The van der Waals surface area contributed by atoms with Crippen molar-refractivity contribution in [1.29, 1.82) is 0 Å². The van der Waals surface area contributed by atoms with Crippen LogP contribution >= 0.6 is 0 Å². The SMILES string of the molecule is CCNS(=O)(=O)c1cccc(C(=O)NCCNc2ccc(C(F)(F)F)cn2)c1. The van der Waals surface area contributed by atoms with Crippen molar-refractivity contribution in [3.05, 3.63) is 53.7 Å². The summed E-state index contributed by atoms with van der Waals surface area (Å²) in [5.41, 5.74) is -0.676. The zero-order valence-electron chi connectivity index (χ0n) is 14.9. The Bertz CT molecular complexity index is 916. The minimum absolute atomic E-state index is 0.0194. The molecule has 0 spiro atoms. The van der Waals surface area contributed by atoms with Gasteiger partial charge < -0.3 is 10.6 Å². The molecule has 0 radical (unpaired) electrons. The standard InChI is InChI=1S/C17H19F3N4O3S/c1-2-24-28(26,27)14-5-3-4-12(10-14)16(25)22-9-8-21-15-7-6-13(11-23-15)17(18,19)20/h3-7,10-11,24H,2,8-9H2,1H3,(H,21,23)(H,22,25). The van der Waals surface area contributed by atoms with E-state index in [1.165, 1.54) is 30.3 Å². The van der Waals surface area contributed by atoms with Gasteiger partial charge in [-0.2, -0.15) is 13.2 Å². The maximum Gasteiger partial charge on any atom is 0.417 e. The summed E-state index contributed by atoms with van der Waals surface area (Å²) >= 11 is 0. The largest absolute Gasteiger partial charge is 0.417 e. The second kappa shape index (κ2) is 9.02. The highest BCUT2D eigenvalue weighted by Gasteiger charge is 2.30. The lowest BCUT2D eigenvalue weighted by atomic mass is 10.2. The molecule has 0 saturated carbocycles. The highest BCUT2D eigenvalue weighted by Crippen LogP contribution is 2.28. The van der Waals surface area contributed by atoms with Crippen molar-refractivity contribution in [3.63, 3.8) is 0 Å². The lowest BCUT2D eigenvalue weighted by molar-refractivity contribution is -0.137. The molecule has 28 heavy (non-hydrogen) atoms. The van der Waals surface area contributed by atoms with E-state index in [0.717, 1.165) is 12.3 Å². The number of hydrogen-bond acceptors (Lipinski definition) is 5. The number of carbonyl (C=O) groups excluding carboxylic acids is 1. The first-order valence-corrected chi connectivity index (χ1v) is 9.77. The van der Waals surface area contributed by atoms with Crippen LogP contribution in [0.4, 0.5) is 19.0 Å². The molecule has 3 N–H and O–H groups in total. The monoisotopic (exact) mass is 416 g/mol. The summed E-state index contributed by atoms with van der Waals surface area (Å²) in [6.07, 6.45) is -3.73. The van der Waals surface area contributed by atoms with Gasteiger partial charge in [-0.1, -0.05) is 13.0 Å². The number of carbonyl (C=O) groups is 1. The van der Waals surface area contributed by atoms with Gasteiger partial charge in [-0.25, -0.2) is 18.1 Å². The third kappa shape index (κ3) is 5.92. The number of pyridine rings is 1. The van der Waals surface area contributed by atoms with Crippen molar-refractivity contribution in [3.8, 4) is 0 Å². The first-order chi connectivity index (χ1) is 13.1. The fourth-order valence-electron chi connectivity index (χ4n) is 2.21. The Labute approximate surface area is 160 Å². The van der Waals surface area contributed by atoms with Gasteiger partial charge >= 0.3 is 6.18 Å². The molecule has 0 saturated heterocycles. The maximum atomic E-state index is 12.5. The second-order valence-corrected chi connectivity index (χ2v) is 7.41. The summed E-state index contributed by atoms with van der Waals surface area (Å²) < 4.78 is 63.7. The van der Waals surface area contributed by atoms with E-state index in [-0.39, 0.29) is 35.9 Å². The molecule has 1 amide bonds. The summed E-state index contributed by atoms with van der Waals surface area (Å²) in [6, 6.07) is 7.68. The van der Waals surface area contributed by atoms with E-state index in [0.29, 0.717) is 0 Å². The van der Waals surface area contributed by atoms with E-state index < -0.39 is 27.7 Å². The Hall–Kier alpha value is -2.66. The van der Waals surface area contributed by atoms with Gasteiger partial charge in [0, 0.05) is 31.4 Å². The quantitative estimate of drug-likeness (QED) is 0.573. The molecule has 2 aromatic rings. The van der Waals surface area contributed by atoms with Crippen LogP contribution in [0.3, 0.4) is 0 Å². The molecule has 2 rings (SSSR count). The molecule has 0 aliphatic heterocycles. The van der Waals surface area contributed by atoms with Crippen LogP contribution in [0.5, 0.6) is 0 Å². The summed E-state index contributed by atoms with van der Waals surface area (Å²) in [6.45, 7) is 2.25. The van der Waals surface area contributed by atoms with Gasteiger partial charge in [-0.05, 0) is 30.3 Å². The molecule has 0 fully saturated rings. The maximum absolute atomic E-state index is 12.5. The minimum Gasteiger partial charge on any atom is -0.368 e. The highest BCUT2D eigenvalue weighted by molar-refractivity contribution is 7.89. The van der Waals surface area contributed by atoms with Crippen molar-refractivity contribution in [2.24, 2.45) is 0 Å². The lowest BCUT2D eigenvalue weighted by Gasteiger charge is -2.10. The molecular formula is C17H19F3N4O3S. The van der Waals surface area contributed by atoms with Crippen molar-refractivity contribution >= 4 is 21.7 Å². The van der Waals surface area contributed by atoms with E-state index in [1.807, 2.05) is 0 Å². The first kappa shape index (κ1) is 21.6. The molecule has 152 valence electrons. The molecule has 1 aromatic heterocycles. The predicted molar refractivity (Wildman–Crippen MR) is 97.4 cm³/mol. The number of hydrogen-bond donors (Lipinski definition) is 3. The van der Waals surface area contributed by atoms with Crippen LogP contribution in [0.2, 0.25) is 0 Å². The number of rotatable bonds is 8. The van der Waals surface area contributed by atoms with E-state index in [4.69, 9.17) is 0 Å². The summed E-state index contributed by atoms with van der Waals surface area (Å²) in [5, 5.41) is 5.37. The van der Waals surface area contributed by atoms with Crippen LogP contribution in [-0.2, 0) is 16.2 Å². The molecule has 7 nitrogen and oxygen atoms in total. The fourth-order valence-corrected chi connectivity index (χ4v) is 3.30. The van der Waals surface area contributed by atoms with E-state index in [2.05, 4.69) is 20.3 Å². The van der Waals surface area contributed by atoms with Crippen LogP contribution in [0.15, 0.2) is 47.5 Å². The number of nitrogens with one attached hydrogen (secondary N) is 3. The highest BCUT2D eigenvalue weighted by atomic mass is 32.2. The number of anilines is 1. The molecule has 1 heterocycles. The number of benzene rings is 1. The summed E-state index contributed by atoms with van der Waals surface area (Å²) in [5.74, 6) is -0.239. The Kier molecular flexibility index (Phi) is 6.97. The molecule has 0 atom stereocenters. The summed E-state index contributed by atoms with van der Waals surface area (Å²) in [4.78, 5) is 15.8. The number of amides is 1. The number of alkyl halides is 3.